The van der Waals surface area contributed by atoms with Gasteiger partial charge in [0.15, 0.2) is 5.78 Å². The number of carbonyl (C=O) groups is 2. The molecule has 1 heterocycles. The van der Waals surface area contributed by atoms with Gasteiger partial charge in [-0.05, 0) is 42.2 Å². The van der Waals surface area contributed by atoms with Gasteiger partial charge in [0, 0.05) is 19.0 Å². The monoisotopic (exact) mass is 412 g/mol. The SMILES string of the molecule is Cc1ccccc1C(=O)NC(Cc1ccccc1)C(=O)Cc1cccc2nnn(C)c12. The van der Waals surface area contributed by atoms with Crippen LogP contribution in [0.2, 0.25) is 0 Å². The topological polar surface area (TPSA) is 76.9 Å². The average Bonchev–Trinajstić information content (AvgIpc) is 3.16. The molecule has 1 atom stereocenters. The highest BCUT2D eigenvalue weighted by atomic mass is 16.2. The minimum atomic E-state index is -0.647. The van der Waals surface area contributed by atoms with Gasteiger partial charge < -0.3 is 5.32 Å². The molecule has 0 aliphatic rings. The maximum atomic E-state index is 13.4. The van der Waals surface area contributed by atoms with Crippen LogP contribution in [0.4, 0.5) is 0 Å². The number of nitrogens with zero attached hydrogens (tertiary/aromatic N) is 3. The van der Waals surface area contributed by atoms with Crippen LogP contribution in [0.1, 0.15) is 27.0 Å². The Labute approximate surface area is 180 Å². The molecule has 1 unspecified atom stereocenters. The van der Waals surface area contributed by atoms with Gasteiger partial charge in [0.2, 0.25) is 0 Å². The van der Waals surface area contributed by atoms with E-state index >= 15 is 0 Å². The summed E-state index contributed by atoms with van der Waals surface area (Å²) in [6.07, 6.45) is 0.612. The van der Waals surface area contributed by atoms with Crippen LogP contribution in [0, 0.1) is 6.92 Å². The van der Waals surface area contributed by atoms with Gasteiger partial charge >= 0.3 is 0 Å². The van der Waals surface area contributed by atoms with Gasteiger partial charge in [-0.25, -0.2) is 4.68 Å². The second-order valence-electron chi connectivity index (χ2n) is 7.67. The van der Waals surface area contributed by atoms with E-state index in [1.807, 2.05) is 80.7 Å². The Morgan fingerprint density at radius 3 is 2.48 bits per heavy atom. The smallest absolute Gasteiger partial charge is 0.252 e. The summed E-state index contributed by atoms with van der Waals surface area (Å²) < 4.78 is 1.68. The normalized spacial score (nSPS) is 11.9. The molecule has 1 N–H and O–H groups in total. The van der Waals surface area contributed by atoms with Crippen LogP contribution < -0.4 is 5.32 Å². The molecule has 0 bridgehead atoms. The highest BCUT2D eigenvalue weighted by molar-refractivity contribution is 6.00. The van der Waals surface area contributed by atoms with E-state index in [1.54, 1.807) is 10.7 Å². The van der Waals surface area contributed by atoms with E-state index in [0.29, 0.717) is 12.0 Å². The molecule has 31 heavy (non-hydrogen) atoms. The largest absolute Gasteiger partial charge is 0.342 e. The fourth-order valence-corrected chi connectivity index (χ4v) is 3.80. The molecular weight excluding hydrogens is 388 g/mol. The zero-order chi connectivity index (χ0) is 21.8. The first-order valence-electron chi connectivity index (χ1n) is 10.2. The van der Waals surface area contributed by atoms with Gasteiger partial charge in [0.25, 0.3) is 5.91 Å². The van der Waals surface area contributed by atoms with E-state index < -0.39 is 6.04 Å². The number of para-hydroxylation sites is 1. The summed E-state index contributed by atoms with van der Waals surface area (Å²) in [5, 5.41) is 11.2. The lowest BCUT2D eigenvalue weighted by Crippen LogP contribution is -2.43. The van der Waals surface area contributed by atoms with Crippen molar-refractivity contribution in [2.45, 2.75) is 25.8 Å². The highest BCUT2D eigenvalue weighted by Gasteiger charge is 2.24. The van der Waals surface area contributed by atoms with E-state index in [-0.39, 0.29) is 18.1 Å². The highest BCUT2D eigenvalue weighted by Crippen LogP contribution is 2.18. The summed E-state index contributed by atoms with van der Waals surface area (Å²) >= 11 is 0. The first-order valence-corrected chi connectivity index (χ1v) is 10.2. The first kappa shape index (κ1) is 20.5. The molecule has 0 aliphatic carbocycles. The number of nitrogens with one attached hydrogen (secondary N) is 1. The third kappa shape index (κ3) is 4.53. The second-order valence-corrected chi connectivity index (χ2v) is 7.67. The van der Waals surface area contributed by atoms with Crippen molar-refractivity contribution in [2.24, 2.45) is 7.05 Å². The summed E-state index contributed by atoms with van der Waals surface area (Å²) in [5.41, 5.74) is 4.86. The molecule has 0 saturated carbocycles. The van der Waals surface area contributed by atoms with Crippen molar-refractivity contribution in [1.29, 1.82) is 0 Å². The molecule has 0 spiro atoms. The number of aromatic nitrogens is 3. The molecule has 4 aromatic rings. The van der Waals surface area contributed by atoms with Crippen LogP contribution >= 0.6 is 0 Å². The van der Waals surface area contributed by atoms with Crippen LogP contribution in [-0.2, 0) is 24.7 Å². The van der Waals surface area contributed by atoms with E-state index in [9.17, 15) is 9.59 Å². The van der Waals surface area contributed by atoms with Gasteiger partial charge in [0.05, 0.1) is 11.6 Å². The molecule has 0 aliphatic heterocycles. The number of aryl methyl sites for hydroxylation is 2. The minimum absolute atomic E-state index is 0.0560. The Balaban J connectivity index is 1.61. The number of hydrogen-bond acceptors (Lipinski definition) is 4. The summed E-state index contributed by atoms with van der Waals surface area (Å²) in [6.45, 7) is 1.89. The number of rotatable bonds is 7. The summed E-state index contributed by atoms with van der Waals surface area (Å²) in [6, 6.07) is 22.1. The minimum Gasteiger partial charge on any atom is -0.342 e. The molecule has 1 aromatic heterocycles. The predicted octanol–water partition coefficient (Wildman–Crippen LogP) is 3.43. The molecule has 0 fully saturated rings. The lowest BCUT2D eigenvalue weighted by molar-refractivity contribution is -0.120. The molecule has 3 aromatic carbocycles. The number of ketones is 1. The predicted molar refractivity (Wildman–Crippen MR) is 120 cm³/mol. The summed E-state index contributed by atoms with van der Waals surface area (Å²) in [4.78, 5) is 26.3. The fraction of sp³-hybridized carbons (Fsp3) is 0.200. The number of hydrogen-bond donors (Lipinski definition) is 1. The van der Waals surface area contributed by atoms with E-state index in [0.717, 1.165) is 27.7 Å². The summed E-state index contributed by atoms with van der Waals surface area (Å²) in [5.74, 6) is -0.299. The van der Waals surface area contributed by atoms with Crippen LogP contribution in [0.3, 0.4) is 0 Å². The third-order valence-electron chi connectivity index (χ3n) is 5.44. The standard InChI is InChI=1S/C25H24N4O2/c1-17-9-6-7-13-20(17)25(31)26-22(15-18-10-4-3-5-11-18)23(30)16-19-12-8-14-21-24(19)29(2)28-27-21/h3-14,22H,15-16H2,1-2H3,(H,26,31). The molecule has 156 valence electrons. The van der Waals surface area contributed by atoms with Gasteiger partial charge in [-0.1, -0.05) is 65.9 Å². The zero-order valence-corrected chi connectivity index (χ0v) is 17.6. The number of Topliss-reactive ketones (excluding diaryl/α,β-unsaturated/α-hetero) is 1. The van der Waals surface area contributed by atoms with E-state index in [2.05, 4.69) is 15.6 Å². The first-order chi connectivity index (χ1) is 15.0. The van der Waals surface area contributed by atoms with Crippen LogP contribution in [0.25, 0.3) is 11.0 Å². The molecule has 4 rings (SSSR count). The fourth-order valence-electron chi connectivity index (χ4n) is 3.80. The second kappa shape index (κ2) is 8.92. The van der Waals surface area contributed by atoms with Crippen LogP contribution in [0.5, 0.6) is 0 Å². The number of fused-ring (bicyclic) bond motifs is 1. The Hall–Kier alpha value is -3.80. The van der Waals surface area contributed by atoms with Gasteiger partial charge in [-0.3, -0.25) is 9.59 Å². The van der Waals surface area contributed by atoms with Crippen molar-refractivity contribution in [1.82, 2.24) is 20.3 Å². The number of amides is 1. The van der Waals surface area contributed by atoms with Gasteiger partial charge in [-0.2, -0.15) is 0 Å². The maximum absolute atomic E-state index is 13.4. The maximum Gasteiger partial charge on any atom is 0.252 e. The Kier molecular flexibility index (Phi) is 5.89. The molecule has 6 nitrogen and oxygen atoms in total. The van der Waals surface area contributed by atoms with Crippen molar-refractivity contribution in [2.75, 3.05) is 0 Å². The van der Waals surface area contributed by atoms with Crippen molar-refractivity contribution in [3.63, 3.8) is 0 Å². The van der Waals surface area contributed by atoms with Crippen LogP contribution in [0.15, 0.2) is 72.8 Å². The average molecular weight is 412 g/mol. The molecule has 1 amide bonds. The van der Waals surface area contributed by atoms with Crippen molar-refractivity contribution < 1.29 is 9.59 Å². The van der Waals surface area contributed by atoms with Crippen molar-refractivity contribution in [3.05, 3.63) is 95.1 Å². The van der Waals surface area contributed by atoms with Gasteiger partial charge in [0.1, 0.15) is 5.52 Å². The van der Waals surface area contributed by atoms with Gasteiger partial charge in [-0.15, -0.1) is 5.10 Å². The molecule has 0 radical (unpaired) electrons. The molecule has 6 heteroatoms. The lowest BCUT2D eigenvalue weighted by Gasteiger charge is -2.19. The zero-order valence-electron chi connectivity index (χ0n) is 17.6. The van der Waals surface area contributed by atoms with Crippen molar-refractivity contribution >= 4 is 22.7 Å². The molecule has 0 saturated heterocycles. The van der Waals surface area contributed by atoms with E-state index in [1.165, 1.54) is 0 Å². The molecular formula is C25H24N4O2. The summed E-state index contributed by atoms with van der Waals surface area (Å²) in [7, 11) is 1.81. The van der Waals surface area contributed by atoms with Crippen LogP contribution in [-0.4, -0.2) is 32.7 Å². The Morgan fingerprint density at radius 1 is 0.968 bits per heavy atom. The Bertz CT molecular complexity index is 1230. The number of benzene rings is 3. The number of carbonyl (C=O) groups excluding carboxylic acids is 2. The Morgan fingerprint density at radius 2 is 1.71 bits per heavy atom. The lowest BCUT2D eigenvalue weighted by atomic mass is 9.96. The third-order valence-corrected chi connectivity index (χ3v) is 5.44. The quantitative estimate of drug-likeness (QED) is 0.505. The van der Waals surface area contributed by atoms with E-state index in [4.69, 9.17) is 0 Å². The van der Waals surface area contributed by atoms with Crippen molar-refractivity contribution in [3.8, 4) is 0 Å².